The van der Waals surface area contributed by atoms with Crippen molar-refractivity contribution in [2.24, 2.45) is 5.73 Å². The fraction of sp³-hybridized carbons (Fsp3) is 0.333. The predicted molar refractivity (Wildman–Crippen MR) is 87.2 cm³/mol. The van der Waals surface area contributed by atoms with Crippen LogP contribution in [-0.2, 0) is 13.0 Å². The van der Waals surface area contributed by atoms with Crippen molar-refractivity contribution in [2.75, 3.05) is 18.5 Å². The molecule has 0 saturated carbocycles. The summed E-state index contributed by atoms with van der Waals surface area (Å²) in [6.45, 7) is 5.85. The third-order valence-corrected chi connectivity index (χ3v) is 3.60. The third-order valence-electron chi connectivity index (χ3n) is 3.60. The zero-order valence-corrected chi connectivity index (χ0v) is 12.7. The van der Waals surface area contributed by atoms with Crippen LogP contribution in [0.1, 0.15) is 22.3 Å². The average Bonchev–Trinajstić information content (AvgIpc) is 2.42. The Morgan fingerprint density at radius 2 is 1.60 bits per heavy atom. The second-order valence-electron chi connectivity index (χ2n) is 5.51. The monoisotopic (exact) mass is 268 g/mol. The maximum Gasteiger partial charge on any atom is 0.0426 e. The average molecular weight is 268 g/mol. The molecule has 0 saturated heterocycles. The summed E-state index contributed by atoms with van der Waals surface area (Å²) in [6, 6.07) is 15.3. The van der Waals surface area contributed by atoms with E-state index in [-0.39, 0.29) is 0 Å². The molecular weight excluding hydrogens is 244 g/mol. The molecule has 106 valence electrons. The van der Waals surface area contributed by atoms with Crippen molar-refractivity contribution in [1.29, 1.82) is 0 Å². The number of nitrogens with two attached hydrogens (primary N) is 1. The van der Waals surface area contributed by atoms with Gasteiger partial charge in [-0.25, -0.2) is 0 Å². The Hall–Kier alpha value is -1.80. The second-order valence-corrected chi connectivity index (χ2v) is 5.51. The van der Waals surface area contributed by atoms with E-state index >= 15 is 0 Å². The number of hydrogen-bond acceptors (Lipinski definition) is 2. The molecule has 2 nitrogen and oxygen atoms in total. The maximum atomic E-state index is 5.73. The van der Waals surface area contributed by atoms with E-state index in [2.05, 4.69) is 68.3 Å². The highest BCUT2D eigenvalue weighted by molar-refractivity contribution is 5.55. The number of benzene rings is 2. The molecule has 0 spiro atoms. The van der Waals surface area contributed by atoms with Gasteiger partial charge in [0.05, 0.1) is 0 Å². The summed E-state index contributed by atoms with van der Waals surface area (Å²) in [6.07, 6.45) is 0.926. The fourth-order valence-corrected chi connectivity index (χ4v) is 2.49. The first kappa shape index (κ1) is 14.6. The molecule has 0 atom stereocenters. The number of aryl methyl sites for hydroxylation is 2. The molecule has 2 N–H and O–H groups in total. The van der Waals surface area contributed by atoms with Crippen LogP contribution in [0.25, 0.3) is 0 Å². The first-order chi connectivity index (χ1) is 9.60. The van der Waals surface area contributed by atoms with Gasteiger partial charge in [0, 0.05) is 19.3 Å². The van der Waals surface area contributed by atoms with Crippen molar-refractivity contribution in [3.63, 3.8) is 0 Å². The zero-order chi connectivity index (χ0) is 14.5. The Balaban J connectivity index is 2.19. The molecule has 2 aromatic carbocycles. The smallest absolute Gasteiger partial charge is 0.0426 e. The second kappa shape index (κ2) is 6.58. The van der Waals surface area contributed by atoms with Gasteiger partial charge in [0.2, 0.25) is 0 Å². The third kappa shape index (κ3) is 3.61. The van der Waals surface area contributed by atoms with Crippen LogP contribution in [0.5, 0.6) is 0 Å². The summed E-state index contributed by atoms with van der Waals surface area (Å²) in [7, 11) is 2.14. The van der Waals surface area contributed by atoms with Gasteiger partial charge in [-0.3, -0.25) is 0 Å². The normalized spacial score (nSPS) is 10.6. The fourth-order valence-electron chi connectivity index (χ4n) is 2.49. The molecule has 0 aliphatic rings. The Labute approximate surface area is 122 Å². The molecule has 0 heterocycles. The number of hydrogen-bond donors (Lipinski definition) is 1. The van der Waals surface area contributed by atoms with Gasteiger partial charge in [-0.05, 0) is 44.0 Å². The van der Waals surface area contributed by atoms with Crippen LogP contribution < -0.4 is 10.6 Å². The molecule has 0 aromatic heterocycles. The Kier molecular flexibility index (Phi) is 4.80. The predicted octanol–water partition coefficient (Wildman–Crippen LogP) is 3.44. The van der Waals surface area contributed by atoms with Crippen molar-refractivity contribution >= 4 is 5.69 Å². The van der Waals surface area contributed by atoms with E-state index in [1.807, 2.05) is 0 Å². The van der Waals surface area contributed by atoms with Crippen molar-refractivity contribution < 1.29 is 0 Å². The van der Waals surface area contributed by atoms with E-state index in [1.54, 1.807) is 0 Å². The van der Waals surface area contributed by atoms with Crippen molar-refractivity contribution in [1.82, 2.24) is 0 Å². The van der Waals surface area contributed by atoms with Crippen LogP contribution in [0.3, 0.4) is 0 Å². The lowest BCUT2D eigenvalue weighted by molar-refractivity contribution is 0.891. The van der Waals surface area contributed by atoms with Gasteiger partial charge in [0.25, 0.3) is 0 Å². The van der Waals surface area contributed by atoms with Crippen molar-refractivity contribution in [2.45, 2.75) is 26.8 Å². The molecule has 0 fully saturated rings. The molecule has 0 unspecified atom stereocenters. The lowest BCUT2D eigenvalue weighted by atomic mass is 10.0. The number of nitrogens with zero attached hydrogens (tertiary/aromatic N) is 1. The SMILES string of the molecule is Cc1ccc(CN(C)c2ccc(C)cc2CCN)cc1. The van der Waals surface area contributed by atoms with Gasteiger partial charge >= 0.3 is 0 Å². The highest BCUT2D eigenvalue weighted by Gasteiger charge is 2.08. The topological polar surface area (TPSA) is 29.3 Å². The van der Waals surface area contributed by atoms with Gasteiger partial charge in [0.15, 0.2) is 0 Å². The molecule has 0 radical (unpaired) electrons. The first-order valence-electron chi connectivity index (χ1n) is 7.16. The van der Waals surface area contributed by atoms with Gasteiger partial charge in [-0.1, -0.05) is 47.5 Å². The molecule has 2 heteroatoms. The first-order valence-corrected chi connectivity index (χ1v) is 7.16. The van der Waals surface area contributed by atoms with E-state index in [1.165, 1.54) is 27.9 Å². The van der Waals surface area contributed by atoms with Crippen LogP contribution >= 0.6 is 0 Å². The van der Waals surface area contributed by atoms with Crippen molar-refractivity contribution in [3.8, 4) is 0 Å². The quantitative estimate of drug-likeness (QED) is 0.900. The Bertz CT molecular complexity index is 558. The summed E-state index contributed by atoms with van der Waals surface area (Å²) in [4.78, 5) is 2.30. The Morgan fingerprint density at radius 3 is 2.25 bits per heavy atom. The molecule has 0 aliphatic heterocycles. The summed E-state index contributed by atoms with van der Waals surface area (Å²) in [5.74, 6) is 0. The van der Waals surface area contributed by atoms with E-state index in [4.69, 9.17) is 5.73 Å². The minimum atomic E-state index is 0.689. The summed E-state index contributed by atoms with van der Waals surface area (Å²) >= 11 is 0. The maximum absolute atomic E-state index is 5.73. The van der Waals surface area contributed by atoms with Crippen LogP contribution in [0.4, 0.5) is 5.69 Å². The van der Waals surface area contributed by atoms with Crippen LogP contribution in [0.2, 0.25) is 0 Å². The molecule has 0 bridgehead atoms. The van der Waals surface area contributed by atoms with Gasteiger partial charge in [0.1, 0.15) is 0 Å². The number of anilines is 1. The Morgan fingerprint density at radius 1 is 0.950 bits per heavy atom. The van der Waals surface area contributed by atoms with E-state index < -0.39 is 0 Å². The lowest BCUT2D eigenvalue weighted by Crippen LogP contribution is -2.19. The zero-order valence-electron chi connectivity index (χ0n) is 12.7. The molecule has 0 amide bonds. The van der Waals surface area contributed by atoms with Gasteiger partial charge < -0.3 is 10.6 Å². The van der Waals surface area contributed by atoms with Crippen LogP contribution in [-0.4, -0.2) is 13.6 Å². The minimum absolute atomic E-state index is 0.689. The van der Waals surface area contributed by atoms with E-state index in [9.17, 15) is 0 Å². The molecule has 2 aromatic rings. The van der Waals surface area contributed by atoms with Gasteiger partial charge in [-0.15, -0.1) is 0 Å². The highest BCUT2D eigenvalue weighted by atomic mass is 15.1. The minimum Gasteiger partial charge on any atom is -0.370 e. The molecule has 20 heavy (non-hydrogen) atoms. The van der Waals surface area contributed by atoms with E-state index in [0.717, 1.165) is 13.0 Å². The van der Waals surface area contributed by atoms with E-state index in [0.29, 0.717) is 6.54 Å². The van der Waals surface area contributed by atoms with Crippen molar-refractivity contribution in [3.05, 3.63) is 64.7 Å². The van der Waals surface area contributed by atoms with Crippen LogP contribution in [0, 0.1) is 13.8 Å². The standard InChI is InChI=1S/C18H24N2/c1-14-4-7-16(8-5-14)13-20(3)18-9-6-15(2)12-17(18)10-11-19/h4-9,12H,10-11,13,19H2,1-3H3. The summed E-state index contributed by atoms with van der Waals surface area (Å²) in [5, 5.41) is 0. The molecular formula is C18H24N2. The van der Waals surface area contributed by atoms with Crippen LogP contribution in [0.15, 0.2) is 42.5 Å². The largest absolute Gasteiger partial charge is 0.370 e. The summed E-state index contributed by atoms with van der Waals surface area (Å²) < 4.78 is 0. The lowest BCUT2D eigenvalue weighted by Gasteiger charge is -2.23. The highest BCUT2D eigenvalue weighted by Crippen LogP contribution is 2.23. The molecule has 2 rings (SSSR count). The number of rotatable bonds is 5. The van der Waals surface area contributed by atoms with Gasteiger partial charge in [-0.2, -0.15) is 0 Å². The summed E-state index contributed by atoms with van der Waals surface area (Å²) in [5.41, 5.74) is 12.3. The molecule has 0 aliphatic carbocycles.